The number of hydrogen-bond donors (Lipinski definition) is 1. The number of halogens is 3. The molecule has 0 spiro atoms. The van der Waals surface area contributed by atoms with E-state index in [-0.39, 0.29) is 24.3 Å². The molecule has 0 amide bonds. The molecule has 20 heavy (non-hydrogen) atoms. The van der Waals surface area contributed by atoms with Crippen molar-refractivity contribution in [1.29, 1.82) is 0 Å². The highest BCUT2D eigenvalue weighted by Gasteiger charge is 2.24. The number of unbranched alkanes of at least 4 members (excludes halogenated alkanes) is 1. The van der Waals surface area contributed by atoms with Crippen LogP contribution >= 0.6 is 28.3 Å². The molecule has 1 aliphatic heterocycles. The van der Waals surface area contributed by atoms with E-state index >= 15 is 0 Å². The number of nitrogens with zero attached hydrogens (tertiary/aromatic N) is 1. The molecule has 1 atom stereocenters. The van der Waals surface area contributed by atoms with Crippen molar-refractivity contribution < 1.29 is 4.39 Å². The minimum absolute atomic E-state index is 0. The molecule has 0 unspecified atom stereocenters. The average molecular weight is 366 g/mol. The fraction of sp³-hybridized carbons (Fsp3) is 0.600. The Balaban J connectivity index is 0.00000200. The fourth-order valence-corrected chi connectivity index (χ4v) is 3.03. The van der Waals surface area contributed by atoms with Gasteiger partial charge in [-0.05, 0) is 18.6 Å². The van der Waals surface area contributed by atoms with E-state index in [4.69, 9.17) is 0 Å². The van der Waals surface area contributed by atoms with E-state index < -0.39 is 0 Å². The van der Waals surface area contributed by atoms with Gasteiger partial charge in [-0.2, -0.15) is 0 Å². The summed E-state index contributed by atoms with van der Waals surface area (Å²) in [5.41, 5.74) is 0.846. The van der Waals surface area contributed by atoms with Crippen LogP contribution in [-0.4, -0.2) is 31.1 Å². The number of benzene rings is 1. The molecule has 114 valence electrons. The molecule has 1 heterocycles. The standard InChI is InChI=1S/C15H22BrFN2.ClH/c1-2-3-4-15(19-9-7-18-8-10-19)13-6-5-12(16)11-14(13)17;/h5-6,11,15,18H,2-4,7-10H2,1H3;1H/t15-;/m1./s1. The van der Waals surface area contributed by atoms with Gasteiger partial charge in [0.2, 0.25) is 0 Å². The van der Waals surface area contributed by atoms with Crippen molar-refractivity contribution in [2.75, 3.05) is 26.2 Å². The van der Waals surface area contributed by atoms with Gasteiger partial charge < -0.3 is 5.32 Å². The number of piperazine rings is 1. The van der Waals surface area contributed by atoms with Crippen LogP contribution in [0.4, 0.5) is 4.39 Å². The predicted molar refractivity (Wildman–Crippen MR) is 88.1 cm³/mol. The van der Waals surface area contributed by atoms with Crippen LogP contribution in [0, 0.1) is 5.82 Å². The lowest BCUT2D eigenvalue weighted by Crippen LogP contribution is -2.45. The van der Waals surface area contributed by atoms with Gasteiger partial charge in [-0.25, -0.2) is 4.39 Å². The van der Waals surface area contributed by atoms with Gasteiger partial charge in [0.1, 0.15) is 5.82 Å². The third-order valence-electron chi connectivity index (χ3n) is 3.74. The van der Waals surface area contributed by atoms with E-state index in [1.54, 1.807) is 6.07 Å². The van der Waals surface area contributed by atoms with E-state index in [0.717, 1.165) is 55.5 Å². The van der Waals surface area contributed by atoms with Crippen molar-refractivity contribution >= 4 is 28.3 Å². The summed E-state index contributed by atoms with van der Waals surface area (Å²) in [4.78, 5) is 2.42. The van der Waals surface area contributed by atoms with Gasteiger partial charge in [-0.15, -0.1) is 12.4 Å². The Hall–Kier alpha value is -0.160. The van der Waals surface area contributed by atoms with Gasteiger partial charge >= 0.3 is 0 Å². The summed E-state index contributed by atoms with van der Waals surface area (Å²) < 4.78 is 15.0. The Bertz CT molecular complexity index is 411. The van der Waals surface area contributed by atoms with E-state index in [0.29, 0.717) is 0 Å². The molecular weight excluding hydrogens is 343 g/mol. The van der Waals surface area contributed by atoms with Gasteiger partial charge in [-0.3, -0.25) is 4.90 Å². The lowest BCUT2D eigenvalue weighted by Gasteiger charge is -2.35. The summed E-state index contributed by atoms with van der Waals surface area (Å²) in [7, 11) is 0. The quantitative estimate of drug-likeness (QED) is 0.843. The average Bonchev–Trinajstić information content (AvgIpc) is 2.42. The normalized spacial score (nSPS) is 17.6. The zero-order chi connectivity index (χ0) is 13.7. The molecule has 1 fully saturated rings. The molecule has 0 aliphatic carbocycles. The van der Waals surface area contributed by atoms with Gasteiger partial charge in [0.15, 0.2) is 0 Å². The van der Waals surface area contributed by atoms with E-state index in [1.165, 1.54) is 0 Å². The van der Waals surface area contributed by atoms with Crippen LogP contribution in [-0.2, 0) is 0 Å². The predicted octanol–water partition coefficient (Wildman–Crippen LogP) is 4.15. The summed E-state index contributed by atoms with van der Waals surface area (Å²) in [6.45, 7) is 6.20. The molecule has 1 aromatic rings. The number of hydrogen-bond acceptors (Lipinski definition) is 2. The Labute approximate surface area is 135 Å². The highest BCUT2D eigenvalue weighted by molar-refractivity contribution is 9.10. The van der Waals surface area contributed by atoms with Crippen LogP contribution in [0.3, 0.4) is 0 Å². The molecule has 0 radical (unpaired) electrons. The first-order chi connectivity index (χ1) is 9.22. The zero-order valence-corrected chi connectivity index (χ0v) is 14.3. The van der Waals surface area contributed by atoms with Gasteiger partial charge in [0.05, 0.1) is 0 Å². The summed E-state index contributed by atoms with van der Waals surface area (Å²) in [5, 5.41) is 3.36. The van der Waals surface area contributed by atoms with E-state index in [1.807, 2.05) is 12.1 Å². The maximum atomic E-state index is 14.2. The van der Waals surface area contributed by atoms with Crippen molar-refractivity contribution in [3.05, 3.63) is 34.1 Å². The number of nitrogens with one attached hydrogen (secondary N) is 1. The van der Waals surface area contributed by atoms with E-state index in [2.05, 4.69) is 33.1 Å². The molecule has 1 saturated heterocycles. The summed E-state index contributed by atoms with van der Waals surface area (Å²) >= 11 is 3.33. The summed E-state index contributed by atoms with van der Waals surface area (Å²) in [6, 6.07) is 5.67. The fourth-order valence-electron chi connectivity index (χ4n) is 2.70. The van der Waals surface area contributed by atoms with Crippen LogP contribution in [0.25, 0.3) is 0 Å². The van der Waals surface area contributed by atoms with Gasteiger partial charge in [0, 0.05) is 42.3 Å². The van der Waals surface area contributed by atoms with Gasteiger partial charge in [-0.1, -0.05) is 41.8 Å². The highest BCUT2D eigenvalue weighted by atomic mass is 79.9. The van der Waals surface area contributed by atoms with Gasteiger partial charge in [0.25, 0.3) is 0 Å². The topological polar surface area (TPSA) is 15.3 Å². The zero-order valence-electron chi connectivity index (χ0n) is 11.9. The molecule has 1 aliphatic rings. The Morgan fingerprint density at radius 2 is 2.05 bits per heavy atom. The molecule has 2 rings (SSSR count). The maximum Gasteiger partial charge on any atom is 0.129 e. The van der Waals surface area contributed by atoms with E-state index in [9.17, 15) is 4.39 Å². The first-order valence-electron chi connectivity index (χ1n) is 7.12. The smallest absolute Gasteiger partial charge is 0.129 e. The summed E-state index contributed by atoms with van der Waals surface area (Å²) in [5.74, 6) is -0.0889. The second-order valence-corrected chi connectivity index (χ2v) is 6.03. The Morgan fingerprint density at radius 3 is 2.65 bits per heavy atom. The van der Waals surface area contributed by atoms with Crippen molar-refractivity contribution in [3.8, 4) is 0 Å². The van der Waals surface area contributed by atoms with Crippen molar-refractivity contribution in [3.63, 3.8) is 0 Å². The lowest BCUT2D eigenvalue weighted by molar-refractivity contribution is 0.160. The molecule has 1 N–H and O–H groups in total. The van der Waals surface area contributed by atoms with Crippen molar-refractivity contribution in [2.24, 2.45) is 0 Å². The molecular formula is C15H23BrClFN2. The largest absolute Gasteiger partial charge is 0.314 e. The molecule has 0 aromatic heterocycles. The van der Waals surface area contributed by atoms with Crippen molar-refractivity contribution in [1.82, 2.24) is 10.2 Å². The first kappa shape index (κ1) is 17.9. The molecule has 5 heteroatoms. The molecule has 2 nitrogen and oxygen atoms in total. The van der Waals surface area contributed by atoms with Crippen LogP contribution < -0.4 is 5.32 Å². The molecule has 0 bridgehead atoms. The summed E-state index contributed by atoms with van der Waals surface area (Å²) in [6.07, 6.45) is 3.33. The second kappa shape index (κ2) is 8.98. The first-order valence-corrected chi connectivity index (χ1v) is 7.91. The minimum Gasteiger partial charge on any atom is -0.314 e. The lowest BCUT2D eigenvalue weighted by atomic mass is 9.98. The van der Waals surface area contributed by atoms with Crippen LogP contribution in [0.5, 0.6) is 0 Å². The second-order valence-electron chi connectivity index (χ2n) is 5.11. The van der Waals surface area contributed by atoms with Crippen molar-refractivity contribution in [2.45, 2.75) is 32.2 Å². The Kier molecular flexibility index (Phi) is 8.03. The van der Waals surface area contributed by atoms with Crippen LogP contribution in [0.1, 0.15) is 37.8 Å². The monoisotopic (exact) mass is 364 g/mol. The SMILES string of the molecule is CCCC[C@H](c1ccc(Br)cc1F)N1CCNCC1.Cl. The maximum absolute atomic E-state index is 14.2. The molecule has 0 saturated carbocycles. The Morgan fingerprint density at radius 1 is 1.35 bits per heavy atom. The molecule has 1 aromatic carbocycles. The van der Waals surface area contributed by atoms with Crippen LogP contribution in [0.15, 0.2) is 22.7 Å². The third-order valence-corrected chi connectivity index (χ3v) is 4.24. The van der Waals surface area contributed by atoms with Crippen LogP contribution in [0.2, 0.25) is 0 Å². The number of rotatable bonds is 5. The highest BCUT2D eigenvalue weighted by Crippen LogP contribution is 2.30. The minimum atomic E-state index is -0.0889. The third kappa shape index (κ3) is 4.69.